The summed E-state index contributed by atoms with van der Waals surface area (Å²) in [6.45, 7) is 5.91. The Balaban J connectivity index is 2.07. The molecule has 0 aliphatic carbocycles. The normalized spacial score (nSPS) is 21.3. The van der Waals surface area contributed by atoms with Crippen molar-refractivity contribution in [2.45, 2.75) is 33.2 Å². The zero-order valence-electron chi connectivity index (χ0n) is 12.1. The molecule has 2 N–H and O–H groups in total. The first kappa shape index (κ1) is 15.2. The summed E-state index contributed by atoms with van der Waals surface area (Å²) in [5.41, 5.74) is 1.39. The summed E-state index contributed by atoms with van der Waals surface area (Å²) in [6.07, 6.45) is 1.09. The summed E-state index contributed by atoms with van der Waals surface area (Å²) in [4.78, 5) is 11.1. The standard InChI is InChI=1S/C15H21FN2OS/c1-10(19)17-14-6-11(4-5-13(14)16)18-12-7-15(2,3)9-20-8-12/h4-6,12,18H,7-9H2,1-3H3,(H,17,19). The van der Waals surface area contributed by atoms with Gasteiger partial charge in [-0.3, -0.25) is 4.79 Å². The van der Waals surface area contributed by atoms with Crippen LogP contribution in [-0.4, -0.2) is 23.5 Å². The monoisotopic (exact) mass is 296 g/mol. The van der Waals surface area contributed by atoms with Crippen molar-refractivity contribution in [1.82, 2.24) is 0 Å². The third-order valence-electron chi connectivity index (χ3n) is 3.26. The lowest BCUT2D eigenvalue weighted by atomic mass is 9.88. The number of rotatable bonds is 3. The van der Waals surface area contributed by atoms with E-state index in [0.717, 1.165) is 17.9 Å². The molecule has 1 aliphatic heterocycles. The van der Waals surface area contributed by atoms with E-state index in [0.29, 0.717) is 11.5 Å². The molecule has 1 aromatic rings. The number of anilines is 2. The molecule has 1 atom stereocenters. The molecule has 0 bridgehead atoms. The lowest BCUT2D eigenvalue weighted by Crippen LogP contribution is -2.35. The molecule has 1 aliphatic rings. The molecule has 1 unspecified atom stereocenters. The van der Waals surface area contributed by atoms with Gasteiger partial charge in [-0.15, -0.1) is 0 Å². The fraction of sp³-hybridized carbons (Fsp3) is 0.533. The first-order valence-electron chi connectivity index (χ1n) is 6.77. The Kier molecular flexibility index (Phi) is 4.58. The number of halogens is 1. The number of amides is 1. The summed E-state index contributed by atoms with van der Waals surface area (Å²) >= 11 is 1.94. The maximum absolute atomic E-state index is 13.6. The van der Waals surface area contributed by atoms with E-state index in [2.05, 4.69) is 24.5 Å². The molecule has 2 rings (SSSR count). The number of thioether (sulfide) groups is 1. The zero-order chi connectivity index (χ0) is 14.8. The summed E-state index contributed by atoms with van der Waals surface area (Å²) in [5.74, 6) is 1.54. The van der Waals surface area contributed by atoms with Crippen molar-refractivity contribution < 1.29 is 9.18 Å². The van der Waals surface area contributed by atoms with Gasteiger partial charge in [0.05, 0.1) is 5.69 Å². The van der Waals surface area contributed by atoms with Crippen molar-refractivity contribution in [1.29, 1.82) is 0 Å². The molecule has 0 radical (unpaired) electrons. The summed E-state index contributed by atoms with van der Waals surface area (Å²) in [6, 6.07) is 5.13. The van der Waals surface area contributed by atoms with E-state index in [1.54, 1.807) is 12.1 Å². The Bertz CT molecular complexity index is 505. The average Bonchev–Trinajstić information content (AvgIpc) is 2.31. The smallest absolute Gasteiger partial charge is 0.221 e. The van der Waals surface area contributed by atoms with Crippen molar-refractivity contribution in [2.24, 2.45) is 5.41 Å². The van der Waals surface area contributed by atoms with Crippen LogP contribution in [0.5, 0.6) is 0 Å². The van der Waals surface area contributed by atoms with Crippen LogP contribution in [0.1, 0.15) is 27.2 Å². The van der Waals surface area contributed by atoms with Crippen molar-refractivity contribution in [2.75, 3.05) is 22.1 Å². The summed E-state index contributed by atoms with van der Waals surface area (Å²) < 4.78 is 13.6. The molecule has 1 saturated heterocycles. The fourth-order valence-electron chi connectivity index (χ4n) is 2.49. The van der Waals surface area contributed by atoms with E-state index in [1.165, 1.54) is 18.7 Å². The summed E-state index contributed by atoms with van der Waals surface area (Å²) in [7, 11) is 0. The Morgan fingerprint density at radius 2 is 2.20 bits per heavy atom. The van der Waals surface area contributed by atoms with Crippen LogP contribution in [-0.2, 0) is 4.79 Å². The topological polar surface area (TPSA) is 41.1 Å². The number of benzene rings is 1. The quantitative estimate of drug-likeness (QED) is 0.893. The van der Waals surface area contributed by atoms with Gasteiger partial charge >= 0.3 is 0 Å². The Labute approximate surface area is 123 Å². The lowest BCUT2D eigenvalue weighted by molar-refractivity contribution is -0.114. The highest BCUT2D eigenvalue weighted by molar-refractivity contribution is 7.99. The minimum Gasteiger partial charge on any atom is -0.381 e. The number of hydrogen-bond donors (Lipinski definition) is 2. The maximum atomic E-state index is 13.6. The minimum atomic E-state index is -0.413. The van der Waals surface area contributed by atoms with Crippen LogP contribution in [0, 0.1) is 11.2 Å². The highest BCUT2D eigenvalue weighted by Gasteiger charge is 2.28. The second-order valence-electron chi connectivity index (χ2n) is 6.10. The molecule has 1 fully saturated rings. The van der Waals surface area contributed by atoms with Crippen LogP contribution in [0.3, 0.4) is 0 Å². The third kappa shape index (κ3) is 4.13. The van der Waals surface area contributed by atoms with Crippen LogP contribution in [0.15, 0.2) is 18.2 Å². The third-order valence-corrected chi connectivity index (χ3v) is 4.88. The molecule has 1 aromatic carbocycles. The molecule has 0 spiro atoms. The van der Waals surface area contributed by atoms with Gasteiger partial charge in [-0.2, -0.15) is 11.8 Å². The molecular weight excluding hydrogens is 275 g/mol. The van der Waals surface area contributed by atoms with E-state index < -0.39 is 5.82 Å². The van der Waals surface area contributed by atoms with Crippen LogP contribution >= 0.6 is 11.8 Å². The molecule has 5 heteroatoms. The van der Waals surface area contributed by atoms with Gasteiger partial charge in [0, 0.05) is 24.4 Å². The molecule has 20 heavy (non-hydrogen) atoms. The average molecular weight is 296 g/mol. The lowest BCUT2D eigenvalue weighted by Gasteiger charge is -2.35. The highest BCUT2D eigenvalue weighted by atomic mass is 32.2. The Hall–Kier alpha value is -1.23. The van der Waals surface area contributed by atoms with Crippen molar-refractivity contribution in [3.63, 3.8) is 0 Å². The SMILES string of the molecule is CC(=O)Nc1cc(NC2CSCC(C)(C)C2)ccc1F. The van der Waals surface area contributed by atoms with E-state index in [4.69, 9.17) is 0 Å². The van der Waals surface area contributed by atoms with Crippen molar-refractivity contribution in [3.8, 4) is 0 Å². The molecule has 0 aromatic heterocycles. The highest BCUT2D eigenvalue weighted by Crippen LogP contribution is 2.35. The van der Waals surface area contributed by atoms with Gasteiger partial charge in [-0.1, -0.05) is 13.8 Å². The van der Waals surface area contributed by atoms with Crippen molar-refractivity contribution in [3.05, 3.63) is 24.0 Å². The van der Waals surface area contributed by atoms with Gasteiger partial charge in [0.25, 0.3) is 0 Å². The zero-order valence-corrected chi connectivity index (χ0v) is 12.9. The van der Waals surface area contributed by atoms with Crippen LogP contribution in [0.25, 0.3) is 0 Å². The number of carbonyl (C=O) groups excluding carboxylic acids is 1. The fourth-order valence-corrected chi connectivity index (χ4v) is 3.77. The maximum Gasteiger partial charge on any atom is 0.221 e. The summed E-state index contributed by atoms with van der Waals surface area (Å²) in [5, 5.41) is 5.95. The van der Waals surface area contributed by atoms with Crippen LogP contribution in [0.4, 0.5) is 15.8 Å². The number of hydrogen-bond acceptors (Lipinski definition) is 3. The van der Waals surface area contributed by atoms with Gasteiger partial charge in [0.15, 0.2) is 0 Å². The van der Waals surface area contributed by atoms with E-state index in [-0.39, 0.29) is 11.6 Å². The molecule has 110 valence electrons. The van der Waals surface area contributed by atoms with E-state index in [9.17, 15) is 9.18 Å². The second-order valence-corrected chi connectivity index (χ2v) is 7.13. The van der Waals surface area contributed by atoms with Crippen molar-refractivity contribution >= 4 is 29.0 Å². The Morgan fingerprint density at radius 1 is 1.45 bits per heavy atom. The predicted octanol–water partition coefficient (Wildman–Crippen LogP) is 3.73. The minimum absolute atomic E-state index is 0.227. The Morgan fingerprint density at radius 3 is 2.85 bits per heavy atom. The van der Waals surface area contributed by atoms with Crippen LogP contribution in [0.2, 0.25) is 0 Å². The van der Waals surface area contributed by atoms with Gasteiger partial charge in [-0.05, 0) is 35.8 Å². The second kappa shape index (κ2) is 6.04. The number of carbonyl (C=O) groups is 1. The first-order chi connectivity index (χ1) is 9.35. The molecule has 0 saturated carbocycles. The van der Waals surface area contributed by atoms with Gasteiger partial charge in [0.2, 0.25) is 5.91 Å². The van der Waals surface area contributed by atoms with Crippen LogP contribution < -0.4 is 10.6 Å². The van der Waals surface area contributed by atoms with Gasteiger partial charge in [-0.25, -0.2) is 4.39 Å². The molecule has 3 nitrogen and oxygen atoms in total. The largest absolute Gasteiger partial charge is 0.381 e. The van der Waals surface area contributed by atoms with Gasteiger partial charge in [0.1, 0.15) is 5.82 Å². The first-order valence-corrected chi connectivity index (χ1v) is 7.93. The van der Waals surface area contributed by atoms with E-state index >= 15 is 0 Å². The molecular formula is C15H21FN2OS. The predicted molar refractivity (Wildman–Crippen MR) is 83.8 cm³/mol. The van der Waals surface area contributed by atoms with Gasteiger partial charge < -0.3 is 10.6 Å². The number of nitrogens with one attached hydrogen (secondary N) is 2. The van der Waals surface area contributed by atoms with E-state index in [1.807, 2.05) is 11.8 Å². The molecule has 1 heterocycles. The molecule has 1 amide bonds.